The molecule has 0 aromatic heterocycles. The van der Waals surface area contributed by atoms with Gasteiger partial charge < -0.3 is 4.74 Å². The van der Waals surface area contributed by atoms with E-state index in [0.717, 1.165) is 31.6 Å². The van der Waals surface area contributed by atoms with Crippen molar-refractivity contribution in [1.82, 2.24) is 0 Å². The highest BCUT2D eigenvalue weighted by molar-refractivity contribution is 5.77. The number of carbonyl (C=O) groups is 1. The van der Waals surface area contributed by atoms with Crippen LogP contribution in [0.2, 0.25) is 0 Å². The molecule has 0 bridgehead atoms. The van der Waals surface area contributed by atoms with Gasteiger partial charge in [0.05, 0.1) is 5.41 Å². The fourth-order valence-corrected chi connectivity index (χ4v) is 3.61. The van der Waals surface area contributed by atoms with Crippen LogP contribution in [0.15, 0.2) is 0 Å². The highest BCUT2D eigenvalue weighted by atomic mass is 16.5. The van der Waals surface area contributed by atoms with Gasteiger partial charge in [-0.1, -0.05) is 68.7 Å². The first kappa shape index (κ1) is 23.5. The van der Waals surface area contributed by atoms with Gasteiger partial charge in [0.2, 0.25) is 0 Å². The van der Waals surface area contributed by atoms with E-state index in [2.05, 4.69) is 55.4 Å². The first-order valence-corrected chi connectivity index (χ1v) is 10.1. The molecule has 0 spiro atoms. The maximum absolute atomic E-state index is 12.8. The maximum Gasteiger partial charge on any atom is 0.312 e. The second-order valence-electron chi connectivity index (χ2n) is 9.58. The highest BCUT2D eigenvalue weighted by Crippen LogP contribution is 2.45. The second-order valence-corrected chi connectivity index (χ2v) is 9.58. The number of esters is 1. The van der Waals surface area contributed by atoms with Gasteiger partial charge in [0.25, 0.3) is 0 Å². The van der Waals surface area contributed by atoms with Gasteiger partial charge in [-0.2, -0.15) is 0 Å². The topological polar surface area (TPSA) is 26.3 Å². The zero-order chi connectivity index (χ0) is 19.2. The van der Waals surface area contributed by atoms with E-state index in [1.165, 1.54) is 12.8 Å². The van der Waals surface area contributed by atoms with Crippen molar-refractivity contribution in [1.29, 1.82) is 0 Å². The quantitative estimate of drug-likeness (QED) is 0.514. The predicted molar refractivity (Wildman–Crippen MR) is 105 cm³/mol. The lowest BCUT2D eigenvalue weighted by molar-refractivity contribution is -0.170. The Kier molecular flexibility index (Phi) is 9.04. The van der Waals surface area contributed by atoms with Crippen LogP contribution in [0.1, 0.15) is 108 Å². The van der Waals surface area contributed by atoms with Gasteiger partial charge in [0, 0.05) is 0 Å². The average molecular weight is 341 g/mol. The molecule has 2 nitrogen and oxygen atoms in total. The number of carbonyl (C=O) groups excluding carboxylic acids is 1. The molecule has 0 aromatic rings. The van der Waals surface area contributed by atoms with Crippen LogP contribution in [0, 0.1) is 22.2 Å². The van der Waals surface area contributed by atoms with Gasteiger partial charge in [-0.25, -0.2) is 0 Å². The monoisotopic (exact) mass is 340 g/mol. The minimum atomic E-state index is -0.386. The minimum absolute atomic E-state index is 0.0149. The molecule has 0 heterocycles. The zero-order valence-electron chi connectivity index (χ0n) is 18.2. The Hall–Kier alpha value is -0.530. The third-order valence-corrected chi connectivity index (χ3v) is 6.03. The van der Waals surface area contributed by atoms with Crippen molar-refractivity contribution in [3.05, 3.63) is 0 Å². The van der Waals surface area contributed by atoms with Crippen molar-refractivity contribution in [2.75, 3.05) is 0 Å². The van der Waals surface area contributed by atoms with Crippen LogP contribution in [0.25, 0.3) is 0 Å². The van der Waals surface area contributed by atoms with Crippen molar-refractivity contribution in [3.63, 3.8) is 0 Å². The summed E-state index contributed by atoms with van der Waals surface area (Å²) in [4.78, 5) is 12.8. The summed E-state index contributed by atoms with van der Waals surface area (Å²) in [6.07, 6.45) is 6.46. The molecular formula is C22H44O2. The van der Waals surface area contributed by atoms with Crippen molar-refractivity contribution in [2.45, 2.75) is 114 Å². The molecule has 1 aliphatic rings. The molecule has 0 aromatic carbocycles. The summed E-state index contributed by atoms with van der Waals surface area (Å²) in [5.41, 5.74) is -0.0809. The molecule has 1 unspecified atom stereocenters. The lowest BCUT2D eigenvalue weighted by Crippen LogP contribution is -2.43. The predicted octanol–water partition coefficient (Wildman–Crippen LogP) is 7.01. The molecule has 1 rings (SSSR count). The smallest absolute Gasteiger partial charge is 0.312 e. The van der Waals surface area contributed by atoms with E-state index in [0.29, 0.717) is 5.41 Å². The van der Waals surface area contributed by atoms with Crippen molar-refractivity contribution >= 4 is 5.97 Å². The highest BCUT2D eigenvalue weighted by Gasteiger charge is 2.45. The summed E-state index contributed by atoms with van der Waals surface area (Å²) in [5, 5.41) is 0. The molecule has 144 valence electrons. The molecule has 1 aliphatic carbocycles. The van der Waals surface area contributed by atoms with Crippen LogP contribution in [0.4, 0.5) is 0 Å². The minimum Gasteiger partial charge on any atom is -0.462 e. The van der Waals surface area contributed by atoms with Gasteiger partial charge in [-0.05, 0) is 55.8 Å². The number of ether oxygens (including phenoxy) is 1. The Balaban J connectivity index is 0.00000254. The van der Waals surface area contributed by atoms with Gasteiger partial charge in [0.1, 0.15) is 6.10 Å². The normalized spacial score (nSPS) is 24.4. The van der Waals surface area contributed by atoms with Gasteiger partial charge >= 0.3 is 5.97 Å². The van der Waals surface area contributed by atoms with Crippen molar-refractivity contribution in [2.24, 2.45) is 22.2 Å². The van der Waals surface area contributed by atoms with Crippen LogP contribution in [-0.4, -0.2) is 12.1 Å². The SMILES string of the molecule is CC.CCCC(C)(C(=O)OC1CCC(C(C)(C)C)CC1)C(C)(C)C. The summed E-state index contributed by atoms with van der Waals surface area (Å²) in [6.45, 7) is 21.7. The summed E-state index contributed by atoms with van der Waals surface area (Å²) < 4.78 is 5.96. The first-order valence-electron chi connectivity index (χ1n) is 10.1. The molecule has 0 amide bonds. The van der Waals surface area contributed by atoms with Crippen LogP contribution in [-0.2, 0) is 9.53 Å². The number of hydrogen-bond donors (Lipinski definition) is 0. The third kappa shape index (κ3) is 6.08. The average Bonchev–Trinajstić information content (AvgIpc) is 2.48. The molecule has 1 fully saturated rings. The maximum atomic E-state index is 12.8. The molecule has 0 aliphatic heterocycles. The molecule has 1 saturated carbocycles. The van der Waals surface area contributed by atoms with E-state index in [9.17, 15) is 4.79 Å². The molecule has 24 heavy (non-hydrogen) atoms. The van der Waals surface area contributed by atoms with Crippen LogP contribution < -0.4 is 0 Å². The molecule has 1 atom stereocenters. The molecule has 0 saturated heterocycles. The summed E-state index contributed by atoms with van der Waals surface area (Å²) >= 11 is 0. The summed E-state index contributed by atoms with van der Waals surface area (Å²) in [5.74, 6) is 0.771. The largest absolute Gasteiger partial charge is 0.462 e. The number of rotatable bonds is 4. The Bertz CT molecular complexity index is 364. The standard InChI is InChI=1S/C20H38O2.C2H6/c1-9-14-20(8,19(5,6)7)17(21)22-16-12-10-15(11-13-16)18(2,3)4;1-2/h15-16H,9-14H2,1-8H3;1-2H3. The summed E-state index contributed by atoms with van der Waals surface area (Å²) in [7, 11) is 0. The lowest BCUT2D eigenvalue weighted by atomic mass is 9.65. The van der Waals surface area contributed by atoms with Gasteiger partial charge in [-0.3, -0.25) is 4.79 Å². The van der Waals surface area contributed by atoms with Gasteiger partial charge in [-0.15, -0.1) is 0 Å². The van der Waals surface area contributed by atoms with Crippen molar-refractivity contribution in [3.8, 4) is 0 Å². The van der Waals surface area contributed by atoms with E-state index in [4.69, 9.17) is 4.74 Å². The summed E-state index contributed by atoms with van der Waals surface area (Å²) in [6, 6.07) is 0. The Labute approximate surface area is 152 Å². The van der Waals surface area contributed by atoms with E-state index in [1.807, 2.05) is 13.8 Å². The lowest BCUT2D eigenvalue weighted by Gasteiger charge is -2.42. The Morgan fingerprint density at radius 3 is 1.71 bits per heavy atom. The fraction of sp³-hybridized carbons (Fsp3) is 0.955. The van der Waals surface area contributed by atoms with E-state index < -0.39 is 0 Å². The Morgan fingerprint density at radius 1 is 0.917 bits per heavy atom. The van der Waals surface area contributed by atoms with Crippen molar-refractivity contribution < 1.29 is 9.53 Å². The van der Waals surface area contributed by atoms with E-state index >= 15 is 0 Å². The third-order valence-electron chi connectivity index (χ3n) is 6.03. The van der Waals surface area contributed by atoms with E-state index in [-0.39, 0.29) is 22.9 Å². The molecule has 0 N–H and O–H groups in total. The second kappa shape index (κ2) is 9.25. The van der Waals surface area contributed by atoms with E-state index in [1.54, 1.807) is 0 Å². The molecular weight excluding hydrogens is 296 g/mol. The first-order chi connectivity index (χ1) is 10.9. The van der Waals surface area contributed by atoms with Crippen LogP contribution in [0.5, 0.6) is 0 Å². The zero-order valence-corrected chi connectivity index (χ0v) is 18.2. The van der Waals surface area contributed by atoms with Crippen LogP contribution in [0.3, 0.4) is 0 Å². The number of hydrogen-bond acceptors (Lipinski definition) is 2. The van der Waals surface area contributed by atoms with Crippen LogP contribution >= 0.6 is 0 Å². The Morgan fingerprint density at radius 2 is 1.38 bits per heavy atom. The molecule has 0 radical (unpaired) electrons. The van der Waals surface area contributed by atoms with Gasteiger partial charge in [0.15, 0.2) is 0 Å². The molecule has 2 heteroatoms. The fourth-order valence-electron chi connectivity index (χ4n) is 3.61.